The summed E-state index contributed by atoms with van der Waals surface area (Å²) in [6.45, 7) is 13.8. The minimum absolute atomic E-state index is 0.582. The van der Waals surface area contributed by atoms with Crippen molar-refractivity contribution in [2.45, 2.75) is 98.3 Å². The second-order valence-corrected chi connectivity index (χ2v) is 8.86. The Balaban J connectivity index is 2.33. The normalized spacial score (nSPS) is 11.6. The van der Waals surface area contributed by atoms with E-state index in [1.165, 1.54) is 71.9 Å². The lowest BCUT2D eigenvalue weighted by molar-refractivity contribution is 0.778. The summed E-state index contributed by atoms with van der Waals surface area (Å²) in [5.74, 6) is 1.16. The second-order valence-electron chi connectivity index (χ2n) is 8.86. The van der Waals surface area contributed by atoms with Gasteiger partial charge in [-0.1, -0.05) is 90.8 Å². The van der Waals surface area contributed by atoms with Crippen LogP contribution in [0.5, 0.6) is 0 Å². The predicted molar refractivity (Wildman–Crippen MR) is 121 cm³/mol. The molecule has 0 fully saturated rings. The summed E-state index contributed by atoms with van der Waals surface area (Å²) in [6.07, 6.45) is 8.60. The van der Waals surface area contributed by atoms with Crippen molar-refractivity contribution in [1.82, 2.24) is 0 Å². The second kappa shape index (κ2) is 10.7. The average Bonchev–Trinajstić information content (AvgIpc) is 2.64. The predicted octanol–water partition coefficient (Wildman–Crippen LogP) is 8.21. The molecule has 27 heavy (non-hydrogen) atoms. The van der Waals surface area contributed by atoms with Crippen molar-refractivity contribution in [2.75, 3.05) is 0 Å². The highest BCUT2D eigenvalue weighted by molar-refractivity contribution is 5.39. The van der Waals surface area contributed by atoms with Crippen molar-refractivity contribution in [1.29, 1.82) is 0 Å². The molecule has 148 valence electrons. The molecule has 0 heteroatoms. The maximum atomic E-state index is 2.46. The molecule has 2 aromatic carbocycles. The van der Waals surface area contributed by atoms with E-state index in [0.717, 1.165) is 6.42 Å². The Morgan fingerprint density at radius 2 is 0.963 bits per heavy atom. The van der Waals surface area contributed by atoms with Gasteiger partial charge in [0.25, 0.3) is 0 Å². The number of unbranched alkanes of at least 4 members (excludes halogenated alkanes) is 2. The van der Waals surface area contributed by atoms with E-state index in [0.29, 0.717) is 11.8 Å². The molecule has 0 saturated heterocycles. The van der Waals surface area contributed by atoms with Gasteiger partial charge in [-0.05, 0) is 77.3 Å². The summed E-state index contributed by atoms with van der Waals surface area (Å²) >= 11 is 0. The molecule has 0 N–H and O–H groups in total. The molecule has 0 atom stereocenters. The van der Waals surface area contributed by atoms with Crippen LogP contribution in [0.25, 0.3) is 0 Å². The first kappa shape index (κ1) is 21.7. The molecule has 0 aliphatic rings. The van der Waals surface area contributed by atoms with E-state index in [9.17, 15) is 0 Å². The largest absolute Gasteiger partial charge is 0.0654 e. The van der Waals surface area contributed by atoms with Gasteiger partial charge in [-0.25, -0.2) is 0 Å². The zero-order valence-corrected chi connectivity index (χ0v) is 18.6. The highest BCUT2D eigenvalue weighted by Crippen LogP contribution is 2.26. The zero-order chi connectivity index (χ0) is 19.8. The highest BCUT2D eigenvalue weighted by Gasteiger charge is 2.09. The van der Waals surface area contributed by atoms with Crippen molar-refractivity contribution in [3.8, 4) is 0 Å². The van der Waals surface area contributed by atoms with Crippen molar-refractivity contribution < 1.29 is 0 Å². The van der Waals surface area contributed by atoms with Gasteiger partial charge >= 0.3 is 0 Å². The van der Waals surface area contributed by atoms with E-state index in [1.807, 2.05) is 0 Å². The van der Waals surface area contributed by atoms with Gasteiger partial charge in [0.2, 0.25) is 0 Å². The maximum absolute atomic E-state index is 2.46. The van der Waals surface area contributed by atoms with Gasteiger partial charge < -0.3 is 0 Å². The van der Waals surface area contributed by atoms with Crippen molar-refractivity contribution >= 4 is 0 Å². The molecule has 0 nitrogen and oxygen atoms in total. The van der Waals surface area contributed by atoms with Gasteiger partial charge in [-0.15, -0.1) is 0 Å². The molecule has 0 aromatic heterocycles. The summed E-state index contributed by atoms with van der Waals surface area (Å²) in [6, 6.07) is 14.6. The van der Waals surface area contributed by atoms with E-state index >= 15 is 0 Å². The molecule has 0 saturated carbocycles. The van der Waals surface area contributed by atoms with E-state index in [2.05, 4.69) is 77.9 Å². The summed E-state index contributed by atoms with van der Waals surface area (Å²) in [5.41, 5.74) is 8.98. The molecular formula is C27H40. The molecule has 0 spiro atoms. The Morgan fingerprint density at radius 1 is 0.556 bits per heavy atom. The quantitative estimate of drug-likeness (QED) is 0.398. The number of aryl methyl sites for hydroxylation is 2. The van der Waals surface area contributed by atoms with Crippen LogP contribution in [0.1, 0.15) is 112 Å². The molecule has 0 heterocycles. The fourth-order valence-electron chi connectivity index (χ4n) is 3.74. The van der Waals surface area contributed by atoms with Gasteiger partial charge in [0.05, 0.1) is 0 Å². The van der Waals surface area contributed by atoms with Crippen LogP contribution in [0.15, 0.2) is 36.4 Å². The molecule has 0 bridgehead atoms. The van der Waals surface area contributed by atoms with E-state index < -0.39 is 0 Å². The first-order valence-electron chi connectivity index (χ1n) is 11.2. The number of hydrogen-bond donors (Lipinski definition) is 0. The summed E-state index contributed by atoms with van der Waals surface area (Å²) in [5, 5.41) is 0. The van der Waals surface area contributed by atoms with Crippen molar-refractivity contribution in [3.63, 3.8) is 0 Å². The van der Waals surface area contributed by atoms with Crippen LogP contribution in [0.2, 0.25) is 0 Å². The van der Waals surface area contributed by atoms with Gasteiger partial charge in [0.1, 0.15) is 0 Å². The molecule has 0 aliphatic carbocycles. The van der Waals surface area contributed by atoms with Crippen LogP contribution in [0.4, 0.5) is 0 Å². The van der Waals surface area contributed by atoms with Gasteiger partial charge in [0, 0.05) is 0 Å². The summed E-state index contributed by atoms with van der Waals surface area (Å²) in [7, 11) is 0. The number of benzene rings is 2. The van der Waals surface area contributed by atoms with Crippen LogP contribution in [-0.2, 0) is 19.3 Å². The summed E-state index contributed by atoms with van der Waals surface area (Å²) in [4.78, 5) is 0. The Labute approximate surface area is 168 Å². The summed E-state index contributed by atoms with van der Waals surface area (Å²) < 4.78 is 0. The van der Waals surface area contributed by atoms with Gasteiger partial charge in [0.15, 0.2) is 0 Å². The monoisotopic (exact) mass is 364 g/mol. The van der Waals surface area contributed by atoms with E-state index in [4.69, 9.17) is 0 Å². The molecule has 2 rings (SSSR count). The average molecular weight is 365 g/mol. The third-order valence-corrected chi connectivity index (χ3v) is 5.53. The third kappa shape index (κ3) is 6.83. The standard InChI is InChI=1S/C27H40/c1-7-9-11-22-13-23(12-10-8-2)15-24(14-22)16-25-17-26(20(3)4)19-27(18-25)21(5)6/h13-15,17-21H,7-12,16H2,1-6H3. The lowest BCUT2D eigenvalue weighted by Gasteiger charge is -2.15. The zero-order valence-electron chi connectivity index (χ0n) is 18.6. The third-order valence-electron chi connectivity index (χ3n) is 5.53. The fraction of sp³-hybridized carbons (Fsp3) is 0.556. The molecule has 0 amide bonds. The minimum atomic E-state index is 0.582. The number of rotatable bonds is 10. The Hall–Kier alpha value is -1.56. The topological polar surface area (TPSA) is 0 Å². The maximum Gasteiger partial charge on any atom is -0.00254 e. The van der Waals surface area contributed by atoms with Crippen LogP contribution in [-0.4, -0.2) is 0 Å². The molecule has 0 radical (unpaired) electrons. The Morgan fingerprint density at radius 3 is 1.37 bits per heavy atom. The lowest BCUT2D eigenvalue weighted by Crippen LogP contribution is -2.00. The Bertz CT molecular complexity index is 653. The fourth-order valence-corrected chi connectivity index (χ4v) is 3.74. The first-order valence-corrected chi connectivity index (χ1v) is 11.2. The van der Waals surface area contributed by atoms with Crippen molar-refractivity contribution in [2.24, 2.45) is 0 Å². The van der Waals surface area contributed by atoms with Crippen LogP contribution >= 0.6 is 0 Å². The first-order chi connectivity index (χ1) is 12.9. The Kier molecular flexibility index (Phi) is 8.61. The van der Waals surface area contributed by atoms with Crippen molar-refractivity contribution in [3.05, 3.63) is 69.8 Å². The number of hydrogen-bond acceptors (Lipinski definition) is 0. The molecule has 0 unspecified atom stereocenters. The SMILES string of the molecule is CCCCc1cc(CCCC)cc(Cc2cc(C(C)C)cc(C(C)C)c2)c1. The van der Waals surface area contributed by atoms with Gasteiger partial charge in [-0.3, -0.25) is 0 Å². The molecule has 2 aromatic rings. The van der Waals surface area contributed by atoms with Crippen LogP contribution in [0.3, 0.4) is 0 Å². The molecule has 0 aliphatic heterocycles. The van der Waals surface area contributed by atoms with E-state index in [1.54, 1.807) is 0 Å². The van der Waals surface area contributed by atoms with Crippen LogP contribution < -0.4 is 0 Å². The smallest absolute Gasteiger partial charge is 0.00254 e. The van der Waals surface area contributed by atoms with E-state index in [-0.39, 0.29) is 0 Å². The lowest BCUT2D eigenvalue weighted by atomic mass is 9.90. The highest BCUT2D eigenvalue weighted by atomic mass is 14.1. The van der Waals surface area contributed by atoms with Crippen LogP contribution in [0, 0.1) is 0 Å². The van der Waals surface area contributed by atoms with Gasteiger partial charge in [-0.2, -0.15) is 0 Å². The minimum Gasteiger partial charge on any atom is -0.0654 e. The molecular weight excluding hydrogens is 324 g/mol.